The van der Waals surface area contributed by atoms with E-state index in [0.29, 0.717) is 10.8 Å². The Balaban J connectivity index is 2.79. The summed E-state index contributed by atoms with van der Waals surface area (Å²) in [7, 11) is 0. The number of aliphatic carboxylic acids is 1. The lowest BCUT2D eigenvalue weighted by molar-refractivity contribution is -0.147. The third kappa shape index (κ3) is 3.40. The van der Waals surface area contributed by atoms with E-state index in [2.05, 4.69) is 4.98 Å². The molecule has 0 radical (unpaired) electrons. The maximum atomic E-state index is 10.9. The normalized spacial score (nSPS) is 12.5. The van der Waals surface area contributed by atoms with Gasteiger partial charge < -0.3 is 9.84 Å². The molecule has 82 valence electrons. The van der Waals surface area contributed by atoms with Crippen LogP contribution in [0.5, 0.6) is 5.75 Å². The van der Waals surface area contributed by atoms with Crippen molar-refractivity contribution < 1.29 is 14.6 Å². The zero-order valence-corrected chi connectivity index (χ0v) is 9.23. The number of rotatable bonds is 4. The van der Waals surface area contributed by atoms with Crippen LogP contribution in [0.15, 0.2) is 18.5 Å². The second-order valence-electron chi connectivity index (χ2n) is 3.46. The first-order chi connectivity index (χ1) is 7.00. The van der Waals surface area contributed by atoms with Crippen LogP contribution in [-0.2, 0) is 4.79 Å². The number of carboxylic acid groups (broad SMARTS) is 1. The smallest absolute Gasteiger partial charge is 0.345 e. The summed E-state index contributed by atoms with van der Waals surface area (Å²) in [5, 5.41) is 9.31. The van der Waals surface area contributed by atoms with Gasteiger partial charge in [0.15, 0.2) is 6.10 Å². The van der Waals surface area contributed by atoms with E-state index in [4.69, 9.17) is 21.4 Å². The highest BCUT2D eigenvalue weighted by Gasteiger charge is 2.23. The molecule has 1 N–H and O–H groups in total. The Bertz CT molecular complexity index is 354. The minimum atomic E-state index is -0.995. The average molecular weight is 230 g/mol. The molecule has 0 aromatic carbocycles. The molecule has 0 aliphatic heterocycles. The molecule has 1 aromatic heterocycles. The van der Waals surface area contributed by atoms with Crippen LogP contribution in [0.1, 0.15) is 13.8 Å². The number of nitrogens with zero attached hydrogens (tertiary/aromatic N) is 1. The fraction of sp³-hybridized carbons (Fsp3) is 0.400. The Morgan fingerprint density at radius 2 is 2.20 bits per heavy atom. The first kappa shape index (κ1) is 11.8. The highest BCUT2D eigenvalue weighted by molar-refractivity contribution is 6.30. The number of hydrogen-bond donors (Lipinski definition) is 1. The number of halogens is 1. The predicted molar refractivity (Wildman–Crippen MR) is 56.1 cm³/mol. The van der Waals surface area contributed by atoms with Crippen LogP contribution in [0.25, 0.3) is 0 Å². The molecule has 1 atom stereocenters. The van der Waals surface area contributed by atoms with Crippen molar-refractivity contribution in [1.82, 2.24) is 4.98 Å². The topological polar surface area (TPSA) is 59.4 Å². The molecule has 1 rings (SSSR count). The summed E-state index contributed by atoms with van der Waals surface area (Å²) >= 11 is 5.70. The molecular weight excluding hydrogens is 218 g/mol. The van der Waals surface area contributed by atoms with Crippen molar-refractivity contribution in [2.24, 2.45) is 5.92 Å². The largest absolute Gasteiger partial charge is 0.478 e. The van der Waals surface area contributed by atoms with Crippen LogP contribution in [0.3, 0.4) is 0 Å². The third-order valence-corrected chi connectivity index (χ3v) is 2.00. The van der Waals surface area contributed by atoms with E-state index in [1.54, 1.807) is 13.8 Å². The summed E-state index contributed by atoms with van der Waals surface area (Å²) in [6.07, 6.45) is 2.01. The van der Waals surface area contributed by atoms with Crippen molar-refractivity contribution >= 4 is 17.6 Å². The minimum Gasteiger partial charge on any atom is -0.478 e. The monoisotopic (exact) mass is 229 g/mol. The molecule has 1 aromatic rings. The van der Waals surface area contributed by atoms with Gasteiger partial charge in [0.1, 0.15) is 5.75 Å². The van der Waals surface area contributed by atoms with Crippen LogP contribution in [0, 0.1) is 5.92 Å². The van der Waals surface area contributed by atoms with E-state index >= 15 is 0 Å². The van der Waals surface area contributed by atoms with Crippen LogP contribution in [0.4, 0.5) is 0 Å². The van der Waals surface area contributed by atoms with E-state index in [-0.39, 0.29) is 5.92 Å². The number of ether oxygens (including phenoxy) is 1. The molecule has 0 amide bonds. The van der Waals surface area contributed by atoms with E-state index in [1.807, 2.05) is 0 Å². The van der Waals surface area contributed by atoms with Gasteiger partial charge in [0.2, 0.25) is 0 Å². The SMILES string of the molecule is CC(C)C(Oc1cncc(Cl)c1)C(=O)O. The van der Waals surface area contributed by atoms with Crippen molar-refractivity contribution in [1.29, 1.82) is 0 Å². The van der Waals surface area contributed by atoms with Crippen molar-refractivity contribution in [3.8, 4) is 5.75 Å². The molecule has 0 bridgehead atoms. The fourth-order valence-corrected chi connectivity index (χ4v) is 1.24. The molecule has 0 aliphatic rings. The quantitative estimate of drug-likeness (QED) is 0.860. The number of aromatic nitrogens is 1. The highest BCUT2D eigenvalue weighted by Crippen LogP contribution is 2.18. The maximum absolute atomic E-state index is 10.9. The van der Waals surface area contributed by atoms with E-state index < -0.39 is 12.1 Å². The van der Waals surface area contributed by atoms with E-state index in [0.717, 1.165) is 0 Å². The van der Waals surface area contributed by atoms with Crippen LogP contribution in [0.2, 0.25) is 5.02 Å². The Hall–Kier alpha value is -1.29. The molecule has 1 unspecified atom stereocenters. The molecule has 1 heterocycles. The van der Waals surface area contributed by atoms with Gasteiger partial charge in [-0.1, -0.05) is 25.4 Å². The third-order valence-electron chi connectivity index (χ3n) is 1.79. The van der Waals surface area contributed by atoms with E-state index in [1.165, 1.54) is 18.5 Å². The lowest BCUT2D eigenvalue weighted by Crippen LogP contribution is -2.32. The Kier molecular flexibility index (Phi) is 3.91. The van der Waals surface area contributed by atoms with Crippen molar-refractivity contribution in [2.45, 2.75) is 20.0 Å². The number of hydrogen-bond acceptors (Lipinski definition) is 3. The number of pyridine rings is 1. The molecule has 4 nitrogen and oxygen atoms in total. The van der Waals surface area contributed by atoms with Gasteiger partial charge in [-0.05, 0) is 0 Å². The second-order valence-corrected chi connectivity index (χ2v) is 3.90. The Morgan fingerprint density at radius 1 is 1.53 bits per heavy atom. The number of carbonyl (C=O) groups is 1. The molecule has 0 spiro atoms. The molecular formula is C10H12ClNO3. The molecule has 0 aliphatic carbocycles. The lowest BCUT2D eigenvalue weighted by atomic mass is 10.1. The molecule has 5 heteroatoms. The summed E-state index contributed by atoms with van der Waals surface area (Å²) < 4.78 is 5.27. The predicted octanol–water partition coefficient (Wildman–Crippen LogP) is 2.22. The van der Waals surface area contributed by atoms with Crippen LogP contribution in [-0.4, -0.2) is 22.2 Å². The van der Waals surface area contributed by atoms with Crippen LogP contribution >= 0.6 is 11.6 Å². The summed E-state index contributed by atoms with van der Waals surface area (Å²) in [5.41, 5.74) is 0. The highest BCUT2D eigenvalue weighted by atomic mass is 35.5. The lowest BCUT2D eigenvalue weighted by Gasteiger charge is -2.17. The molecule has 15 heavy (non-hydrogen) atoms. The van der Waals surface area contributed by atoms with Gasteiger partial charge in [-0.2, -0.15) is 0 Å². The maximum Gasteiger partial charge on any atom is 0.345 e. The minimum absolute atomic E-state index is 0.124. The second kappa shape index (κ2) is 4.98. The molecule has 0 saturated heterocycles. The average Bonchev–Trinajstić information content (AvgIpc) is 2.13. The summed E-state index contributed by atoms with van der Waals surface area (Å²) in [5.74, 6) is -0.755. The van der Waals surface area contributed by atoms with Crippen LogP contribution < -0.4 is 4.74 Å². The van der Waals surface area contributed by atoms with Gasteiger partial charge >= 0.3 is 5.97 Å². The summed E-state index contributed by atoms with van der Waals surface area (Å²) in [6.45, 7) is 3.55. The first-order valence-corrected chi connectivity index (χ1v) is 4.88. The zero-order valence-electron chi connectivity index (χ0n) is 8.48. The van der Waals surface area contributed by atoms with E-state index in [9.17, 15) is 4.79 Å². The van der Waals surface area contributed by atoms with Gasteiger partial charge in [0.25, 0.3) is 0 Å². The van der Waals surface area contributed by atoms with Crippen molar-refractivity contribution in [2.75, 3.05) is 0 Å². The zero-order chi connectivity index (χ0) is 11.4. The Labute approximate surface area is 92.8 Å². The summed E-state index contributed by atoms with van der Waals surface area (Å²) in [6, 6.07) is 1.53. The first-order valence-electron chi connectivity index (χ1n) is 4.50. The Morgan fingerprint density at radius 3 is 2.67 bits per heavy atom. The van der Waals surface area contributed by atoms with Gasteiger partial charge in [0.05, 0.1) is 11.2 Å². The van der Waals surface area contributed by atoms with Gasteiger partial charge in [0, 0.05) is 18.2 Å². The van der Waals surface area contributed by atoms with Gasteiger partial charge in [-0.3, -0.25) is 4.98 Å². The van der Waals surface area contributed by atoms with Crippen molar-refractivity contribution in [3.05, 3.63) is 23.5 Å². The standard InChI is InChI=1S/C10H12ClNO3/c1-6(2)9(10(13)14)15-8-3-7(11)4-12-5-8/h3-6,9H,1-2H3,(H,13,14). The van der Waals surface area contributed by atoms with Gasteiger partial charge in [-0.15, -0.1) is 0 Å². The summed E-state index contributed by atoms with van der Waals surface area (Å²) in [4.78, 5) is 14.7. The number of carboxylic acids is 1. The van der Waals surface area contributed by atoms with Gasteiger partial charge in [-0.25, -0.2) is 4.79 Å². The fourth-order valence-electron chi connectivity index (χ4n) is 1.08. The molecule has 0 saturated carbocycles. The molecule has 0 fully saturated rings. The van der Waals surface area contributed by atoms with Crippen molar-refractivity contribution in [3.63, 3.8) is 0 Å².